The van der Waals surface area contributed by atoms with Gasteiger partial charge in [-0.1, -0.05) is 74.2 Å². The Labute approximate surface area is 262 Å². The predicted octanol–water partition coefficient (Wildman–Crippen LogP) is 8.50. The Bertz CT molecular complexity index is 1860. The summed E-state index contributed by atoms with van der Waals surface area (Å²) >= 11 is 24.3. The van der Waals surface area contributed by atoms with Crippen LogP contribution in [0.3, 0.4) is 0 Å². The molecule has 41 heavy (non-hydrogen) atoms. The van der Waals surface area contributed by atoms with Gasteiger partial charge in [0.25, 0.3) is 0 Å². The lowest BCUT2D eigenvalue weighted by Crippen LogP contribution is -2.09. The Morgan fingerprint density at radius 1 is 0.902 bits per heavy atom. The van der Waals surface area contributed by atoms with Crippen molar-refractivity contribution in [3.63, 3.8) is 0 Å². The van der Waals surface area contributed by atoms with E-state index in [1.807, 2.05) is 48.5 Å². The van der Waals surface area contributed by atoms with Crippen LogP contribution in [0.1, 0.15) is 29.1 Å². The molecule has 7 rings (SSSR count). The first kappa shape index (κ1) is 26.8. The molecule has 1 fully saturated rings. The van der Waals surface area contributed by atoms with Gasteiger partial charge in [-0.2, -0.15) is 5.10 Å². The highest BCUT2D eigenvalue weighted by molar-refractivity contribution is 9.10. The second-order valence-electron chi connectivity index (χ2n) is 9.76. The average molecular weight is 684 g/mol. The minimum atomic E-state index is -0.150. The molecule has 3 aromatic heterocycles. The van der Waals surface area contributed by atoms with Crippen LogP contribution in [0.5, 0.6) is 0 Å². The molecule has 0 amide bonds. The van der Waals surface area contributed by atoms with Crippen molar-refractivity contribution < 1.29 is 0 Å². The van der Waals surface area contributed by atoms with Gasteiger partial charge in [0.05, 0.1) is 17.3 Å². The van der Waals surface area contributed by atoms with Crippen molar-refractivity contribution in [2.45, 2.75) is 24.8 Å². The molecule has 1 aliphatic rings. The zero-order valence-corrected chi connectivity index (χ0v) is 25.8. The van der Waals surface area contributed by atoms with Crippen molar-refractivity contribution in [3.8, 4) is 27.8 Å². The molecule has 0 saturated heterocycles. The molecule has 0 bridgehead atoms. The van der Waals surface area contributed by atoms with E-state index in [-0.39, 0.29) is 5.41 Å². The zero-order chi connectivity index (χ0) is 28.1. The summed E-state index contributed by atoms with van der Waals surface area (Å²) in [7, 11) is 0. The number of benzene rings is 3. The van der Waals surface area contributed by atoms with E-state index in [9.17, 15) is 0 Å². The van der Waals surface area contributed by atoms with E-state index >= 15 is 0 Å². The minimum Gasteiger partial charge on any atom is -0.294 e. The van der Waals surface area contributed by atoms with Gasteiger partial charge in [0.2, 0.25) is 0 Å². The van der Waals surface area contributed by atoms with E-state index in [1.165, 1.54) is 11.9 Å². The normalized spacial score (nSPS) is 14.0. The van der Waals surface area contributed by atoms with Gasteiger partial charge in [0.15, 0.2) is 5.01 Å². The maximum atomic E-state index is 6.74. The summed E-state index contributed by atoms with van der Waals surface area (Å²) in [5.74, 6) is 0.662. The van der Waals surface area contributed by atoms with Crippen LogP contribution in [-0.4, -0.2) is 34.5 Å². The summed E-state index contributed by atoms with van der Waals surface area (Å²) in [4.78, 5) is 9.33. The molecule has 0 N–H and O–H groups in total. The number of halogens is 4. The summed E-state index contributed by atoms with van der Waals surface area (Å²) in [5.41, 5.74) is 4.28. The maximum Gasteiger partial charge on any atom is 0.168 e. The van der Waals surface area contributed by atoms with Gasteiger partial charge in [-0.05, 0) is 73.0 Å². The van der Waals surface area contributed by atoms with Crippen LogP contribution in [0.4, 0.5) is 0 Å². The fraction of sp³-hybridized carbons (Fsp3) is 0.138. The number of nitrogens with zero attached hydrogens (tertiary/aromatic N) is 7. The van der Waals surface area contributed by atoms with Gasteiger partial charge in [-0.15, -0.1) is 10.2 Å². The van der Waals surface area contributed by atoms with Crippen LogP contribution in [0, 0.1) is 0 Å². The molecule has 7 nitrogen and oxygen atoms in total. The number of hydrogen-bond donors (Lipinski definition) is 0. The maximum absolute atomic E-state index is 6.74. The van der Waals surface area contributed by atoms with E-state index in [2.05, 4.69) is 47.8 Å². The summed E-state index contributed by atoms with van der Waals surface area (Å²) in [5, 5.41) is 17.2. The van der Waals surface area contributed by atoms with Gasteiger partial charge in [0.1, 0.15) is 29.2 Å². The summed E-state index contributed by atoms with van der Waals surface area (Å²) in [6, 6.07) is 21.5. The highest BCUT2D eigenvalue weighted by Crippen LogP contribution is 2.55. The molecule has 1 aliphatic carbocycles. The highest BCUT2D eigenvalue weighted by atomic mass is 79.9. The Morgan fingerprint density at radius 2 is 1.66 bits per heavy atom. The first-order valence-corrected chi connectivity index (χ1v) is 15.4. The van der Waals surface area contributed by atoms with E-state index in [0.29, 0.717) is 33.1 Å². The van der Waals surface area contributed by atoms with E-state index < -0.39 is 0 Å². The van der Waals surface area contributed by atoms with Crippen molar-refractivity contribution >= 4 is 62.1 Å². The molecule has 204 valence electrons. The predicted molar refractivity (Wildman–Crippen MR) is 166 cm³/mol. The standard InChI is InChI=1S/C29H19BrCl3N7S/c30-18-3-8-21(9-4-18)40-24(14-39-16-34-15-35-39)25(36-26(40)22-10-7-20(32)13-23(22)33)27-37-38-28(41-27)29(11-12-29)17-1-5-19(31)6-2-17/h1-10,13,15-16H,11-12,14H2. The molecule has 0 unspecified atom stereocenters. The zero-order valence-electron chi connectivity index (χ0n) is 21.2. The lowest BCUT2D eigenvalue weighted by atomic mass is 9.97. The number of aromatic nitrogens is 7. The minimum absolute atomic E-state index is 0.150. The lowest BCUT2D eigenvalue weighted by molar-refractivity contribution is 0.662. The second kappa shape index (κ2) is 10.6. The Morgan fingerprint density at radius 3 is 2.34 bits per heavy atom. The Kier molecular flexibility index (Phi) is 6.95. The number of hydrogen-bond acceptors (Lipinski definition) is 6. The van der Waals surface area contributed by atoms with Crippen LogP contribution in [0.15, 0.2) is 83.9 Å². The van der Waals surface area contributed by atoms with Crippen LogP contribution >= 0.6 is 62.1 Å². The van der Waals surface area contributed by atoms with Gasteiger partial charge in [-0.25, -0.2) is 14.6 Å². The number of rotatable bonds is 7. The van der Waals surface area contributed by atoms with Gasteiger partial charge >= 0.3 is 0 Å². The van der Waals surface area contributed by atoms with Crippen molar-refractivity contribution in [3.05, 3.63) is 115 Å². The van der Waals surface area contributed by atoms with Crippen LogP contribution < -0.4 is 0 Å². The van der Waals surface area contributed by atoms with Crippen LogP contribution in [0.25, 0.3) is 27.8 Å². The molecular formula is C29H19BrCl3N7S. The third-order valence-electron chi connectivity index (χ3n) is 7.19. The molecular weight excluding hydrogens is 665 g/mol. The monoisotopic (exact) mass is 681 g/mol. The highest BCUT2D eigenvalue weighted by Gasteiger charge is 2.49. The summed E-state index contributed by atoms with van der Waals surface area (Å²) in [6.45, 7) is 0.404. The quantitative estimate of drug-likeness (QED) is 0.169. The molecule has 0 spiro atoms. The van der Waals surface area contributed by atoms with Crippen LogP contribution in [-0.2, 0) is 12.0 Å². The summed E-state index contributed by atoms with van der Waals surface area (Å²) in [6.07, 6.45) is 5.22. The van der Waals surface area contributed by atoms with Crippen molar-refractivity contribution in [1.82, 2.24) is 34.5 Å². The lowest BCUT2D eigenvalue weighted by Gasteiger charge is -2.14. The van der Waals surface area contributed by atoms with Crippen LogP contribution in [0.2, 0.25) is 15.1 Å². The van der Waals surface area contributed by atoms with Crippen molar-refractivity contribution in [1.29, 1.82) is 0 Å². The molecule has 6 aromatic rings. The molecule has 3 heterocycles. The average Bonchev–Trinajstić information content (AvgIpc) is 3.29. The first-order chi connectivity index (χ1) is 19.9. The van der Waals surface area contributed by atoms with Crippen molar-refractivity contribution in [2.24, 2.45) is 0 Å². The SMILES string of the molecule is Clc1ccc(C2(c3nnc(-c4nc(-c5ccc(Cl)cc5Cl)n(-c5ccc(Br)cc5)c4Cn4cncn4)s3)CC2)cc1. The number of imidazole rings is 1. The second-order valence-corrected chi connectivity index (χ2v) is 12.9. The summed E-state index contributed by atoms with van der Waals surface area (Å²) < 4.78 is 4.82. The van der Waals surface area contributed by atoms with E-state index in [1.54, 1.807) is 28.4 Å². The molecule has 12 heteroatoms. The van der Waals surface area contributed by atoms with Gasteiger partial charge in [-0.3, -0.25) is 4.57 Å². The van der Waals surface area contributed by atoms with Crippen molar-refractivity contribution in [2.75, 3.05) is 0 Å². The molecule has 0 atom stereocenters. The Balaban J connectivity index is 1.43. The third-order valence-corrected chi connectivity index (χ3v) is 9.65. The third kappa shape index (κ3) is 5.00. The first-order valence-electron chi connectivity index (χ1n) is 12.7. The molecule has 0 radical (unpaired) electrons. The smallest absolute Gasteiger partial charge is 0.168 e. The largest absolute Gasteiger partial charge is 0.294 e. The molecule has 0 aliphatic heterocycles. The fourth-order valence-corrected chi connectivity index (χ4v) is 7.00. The van der Waals surface area contributed by atoms with Gasteiger partial charge in [0, 0.05) is 31.2 Å². The Hall–Kier alpha value is -3.08. The molecule has 3 aromatic carbocycles. The molecule has 1 saturated carbocycles. The van der Waals surface area contributed by atoms with E-state index in [4.69, 9.17) is 44.9 Å². The topological polar surface area (TPSA) is 74.3 Å². The fourth-order valence-electron chi connectivity index (χ4n) is 4.99. The van der Waals surface area contributed by atoms with E-state index in [0.717, 1.165) is 44.3 Å². The van der Waals surface area contributed by atoms with Gasteiger partial charge < -0.3 is 0 Å².